The van der Waals surface area contributed by atoms with Crippen molar-refractivity contribution in [1.29, 1.82) is 0 Å². The van der Waals surface area contributed by atoms with E-state index in [1.54, 1.807) is 0 Å². The topological polar surface area (TPSA) is 135 Å². The molecule has 136 valence electrons. The minimum atomic E-state index is -1.37. The maximum Gasteiger partial charge on any atom is 0.194 e. The van der Waals surface area contributed by atoms with Crippen LogP contribution in [0.1, 0.15) is 23.3 Å². The van der Waals surface area contributed by atoms with Crippen LogP contribution in [0.4, 0.5) is 10.2 Å². The van der Waals surface area contributed by atoms with E-state index in [4.69, 9.17) is 14.9 Å². The number of benzene rings is 1. The summed E-state index contributed by atoms with van der Waals surface area (Å²) in [6, 6.07) is 5.15. The number of ether oxygens (including phenoxy) is 1. The van der Waals surface area contributed by atoms with E-state index in [2.05, 4.69) is 9.97 Å². The molecule has 0 radical (unpaired) electrons. The van der Waals surface area contributed by atoms with Gasteiger partial charge in [0.25, 0.3) is 0 Å². The number of hydrogen-bond acceptors (Lipinski definition) is 8. The van der Waals surface area contributed by atoms with Crippen molar-refractivity contribution in [2.75, 3.05) is 5.73 Å². The van der Waals surface area contributed by atoms with Crippen LogP contribution in [-0.2, 0) is 4.74 Å². The molecule has 26 heavy (non-hydrogen) atoms. The van der Waals surface area contributed by atoms with Gasteiger partial charge >= 0.3 is 0 Å². The molecule has 1 aliphatic heterocycles. The van der Waals surface area contributed by atoms with Crippen molar-refractivity contribution in [2.24, 2.45) is 0 Å². The molecule has 4 rings (SSSR count). The summed E-state index contributed by atoms with van der Waals surface area (Å²) in [5, 5.41) is 31.2. The van der Waals surface area contributed by atoms with E-state index in [9.17, 15) is 19.7 Å². The Hall–Kier alpha value is -2.59. The van der Waals surface area contributed by atoms with E-state index in [0.29, 0.717) is 16.6 Å². The van der Waals surface area contributed by atoms with Gasteiger partial charge in [0.05, 0.1) is 6.26 Å². The van der Waals surface area contributed by atoms with Crippen LogP contribution in [0.25, 0.3) is 11.1 Å². The van der Waals surface area contributed by atoms with Crippen LogP contribution in [0.15, 0.2) is 41.3 Å². The largest absolute Gasteiger partial charge is 0.458 e. The second kappa shape index (κ2) is 6.29. The Balaban J connectivity index is 1.65. The molecular weight excluding hydrogens is 345 g/mol. The summed E-state index contributed by atoms with van der Waals surface area (Å²) in [4.78, 5) is 7.90. The molecule has 8 nitrogen and oxygen atoms in total. The van der Waals surface area contributed by atoms with Gasteiger partial charge in [0.15, 0.2) is 11.4 Å². The molecule has 0 amide bonds. The number of hydrogen-bond donors (Lipinski definition) is 4. The molecule has 5 N–H and O–H groups in total. The number of aliphatic hydroxyl groups excluding tert-OH is 3. The highest BCUT2D eigenvalue weighted by atomic mass is 19.1. The van der Waals surface area contributed by atoms with E-state index in [1.165, 1.54) is 36.9 Å². The van der Waals surface area contributed by atoms with Crippen molar-refractivity contribution in [3.63, 3.8) is 0 Å². The molecule has 0 spiro atoms. The predicted molar refractivity (Wildman–Crippen MR) is 87.2 cm³/mol. The number of nitrogens with zero attached hydrogens (tertiary/aromatic N) is 2. The molecule has 0 saturated carbocycles. The smallest absolute Gasteiger partial charge is 0.194 e. The number of fused-ring (bicyclic) bond motifs is 1. The molecule has 1 aliphatic rings. The number of aliphatic hydroxyl groups is 3. The van der Waals surface area contributed by atoms with Crippen molar-refractivity contribution in [2.45, 2.75) is 30.5 Å². The predicted octanol–water partition coefficient (Wildman–Crippen LogP) is 0.839. The molecule has 5 atom stereocenters. The molecule has 0 bridgehead atoms. The minimum Gasteiger partial charge on any atom is -0.458 e. The van der Waals surface area contributed by atoms with Gasteiger partial charge in [-0.15, -0.1) is 0 Å². The lowest BCUT2D eigenvalue weighted by Crippen LogP contribution is -2.34. The third kappa shape index (κ3) is 2.61. The maximum atomic E-state index is 13.1. The fourth-order valence-corrected chi connectivity index (χ4v) is 3.16. The van der Waals surface area contributed by atoms with Gasteiger partial charge in [0.2, 0.25) is 0 Å². The summed E-state index contributed by atoms with van der Waals surface area (Å²) < 4.78 is 24.1. The third-order valence-corrected chi connectivity index (χ3v) is 4.54. The third-order valence-electron chi connectivity index (χ3n) is 4.54. The Morgan fingerprint density at radius 3 is 2.58 bits per heavy atom. The zero-order chi connectivity index (χ0) is 18.4. The summed E-state index contributed by atoms with van der Waals surface area (Å²) in [6.45, 7) is 0. The molecule has 0 unspecified atom stereocenters. The van der Waals surface area contributed by atoms with Gasteiger partial charge in [-0.05, 0) is 17.7 Å². The van der Waals surface area contributed by atoms with Crippen molar-refractivity contribution in [1.82, 2.24) is 9.97 Å². The second-order valence-electron chi connectivity index (χ2n) is 6.13. The first-order valence-corrected chi connectivity index (χ1v) is 7.90. The highest BCUT2D eigenvalue weighted by Gasteiger charge is 2.48. The number of rotatable bonds is 3. The van der Waals surface area contributed by atoms with E-state index < -0.39 is 36.3 Å². The Kier molecular flexibility index (Phi) is 4.08. The zero-order valence-corrected chi connectivity index (χ0v) is 13.4. The highest BCUT2D eigenvalue weighted by molar-refractivity contribution is 5.85. The molecule has 9 heteroatoms. The number of nitrogens with two attached hydrogens (primary N) is 1. The normalized spacial score (nSPS) is 27.1. The van der Waals surface area contributed by atoms with Gasteiger partial charge in [-0.2, -0.15) is 0 Å². The van der Waals surface area contributed by atoms with Gasteiger partial charge in [0, 0.05) is 5.56 Å². The molecule has 3 aromatic rings. The lowest BCUT2D eigenvalue weighted by molar-refractivity contribution is -0.0675. The molecule has 1 fully saturated rings. The molecule has 3 heterocycles. The van der Waals surface area contributed by atoms with Gasteiger partial charge in [-0.1, -0.05) is 12.1 Å². The molecular formula is C17H16FN3O5. The number of anilines is 1. The summed E-state index contributed by atoms with van der Waals surface area (Å²) >= 11 is 0. The average Bonchev–Trinajstić information content (AvgIpc) is 3.18. The molecule has 1 saturated heterocycles. The van der Waals surface area contributed by atoms with Crippen molar-refractivity contribution >= 4 is 16.9 Å². The number of furan rings is 1. The van der Waals surface area contributed by atoms with E-state index in [0.717, 1.165) is 0 Å². The molecule has 2 aromatic heterocycles. The van der Waals surface area contributed by atoms with Crippen molar-refractivity contribution in [3.05, 3.63) is 53.8 Å². The lowest BCUT2D eigenvalue weighted by Gasteiger charge is -2.21. The average molecular weight is 361 g/mol. The van der Waals surface area contributed by atoms with Crippen LogP contribution >= 0.6 is 0 Å². The standard InChI is InChI=1S/C17H16FN3O5/c18-8-3-1-7(2-4-8)11(22)16-13(24)12(23)14(26-16)9-5-25-15-10(9)20-6-21-17(15)19/h1-6,11-14,16,22-24H,(H2,19,20,21)/t11-,12-,13+,14+,16-/m1/s1. The minimum absolute atomic E-state index is 0.136. The van der Waals surface area contributed by atoms with Gasteiger partial charge in [-0.25, -0.2) is 14.4 Å². The number of halogens is 1. The van der Waals surface area contributed by atoms with E-state index in [-0.39, 0.29) is 11.4 Å². The first-order chi connectivity index (χ1) is 12.5. The summed E-state index contributed by atoms with van der Waals surface area (Å²) in [6.07, 6.45) is -3.49. The Morgan fingerprint density at radius 2 is 1.85 bits per heavy atom. The Labute approximate surface area is 146 Å². The quantitative estimate of drug-likeness (QED) is 0.539. The summed E-state index contributed by atoms with van der Waals surface area (Å²) in [5.41, 5.74) is 7.06. The second-order valence-corrected chi connectivity index (χ2v) is 6.13. The van der Waals surface area contributed by atoms with Crippen molar-refractivity contribution < 1.29 is 28.9 Å². The van der Waals surface area contributed by atoms with Crippen molar-refractivity contribution in [3.8, 4) is 0 Å². The number of aromatic nitrogens is 2. The van der Waals surface area contributed by atoms with Crippen LogP contribution in [0.5, 0.6) is 0 Å². The summed E-state index contributed by atoms with van der Waals surface area (Å²) in [5.74, 6) is -0.314. The van der Waals surface area contributed by atoms with Crippen LogP contribution in [0, 0.1) is 5.82 Å². The lowest BCUT2D eigenvalue weighted by atomic mass is 9.97. The summed E-state index contributed by atoms with van der Waals surface area (Å²) in [7, 11) is 0. The van der Waals surface area contributed by atoms with Gasteiger partial charge in [0.1, 0.15) is 48.2 Å². The van der Waals surface area contributed by atoms with Crippen LogP contribution < -0.4 is 5.73 Å². The SMILES string of the molecule is Nc1ncnc2c([C@@H]3O[C@H]([C@H](O)c4ccc(F)cc4)[C@@H](O)[C@H]3O)coc12. The highest BCUT2D eigenvalue weighted by Crippen LogP contribution is 2.41. The molecule has 1 aromatic carbocycles. The van der Waals surface area contributed by atoms with Gasteiger partial charge < -0.3 is 30.2 Å². The fraction of sp³-hybridized carbons (Fsp3) is 0.294. The van der Waals surface area contributed by atoms with Crippen LogP contribution in [0.2, 0.25) is 0 Å². The maximum absolute atomic E-state index is 13.1. The Bertz CT molecular complexity index is 932. The molecule has 0 aliphatic carbocycles. The first kappa shape index (κ1) is 16.9. The first-order valence-electron chi connectivity index (χ1n) is 7.90. The van der Waals surface area contributed by atoms with Gasteiger partial charge in [-0.3, -0.25) is 0 Å². The van der Waals surface area contributed by atoms with Crippen LogP contribution in [0.3, 0.4) is 0 Å². The van der Waals surface area contributed by atoms with E-state index >= 15 is 0 Å². The van der Waals surface area contributed by atoms with Crippen LogP contribution in [-0.4, -0.2) is 43.6 Å². The monoisotopic (exact) mass is 361 g/mol. The fourth-order valence-electron chi connectivity index (χ4n) is 3.16. The zero-order valence-electron chi connectivity index (χ0n) is 13.4. The van der Waals surface area contributed by atoms with E-state index in [1.807, 2.05) is 0 Å². The number of nitrogen functional groups attached to an aromatic ring is 1. The Morgan fingerprint density at radius 1 is 1.12 bits per heavy atom.